The lowest BCUT2D eigenvalue weighted by Gasteiger charge is -2.23. The second kappa shape index (κ2) is 17.7. The van der Waals surface area contributed by atoms with Crippen molar-refractivity contribution >= 4 is 16.9 Å². The summed E-state index contributed by atoms with van der Waals surface area (Å²) in [6, 6.07) is 11.1. The minimum atomic E-state index is -0.372. The van der Waals surface area contributed by atoms with E-state index in [-0.39, 0.29) is 17.0 Å². The van der Waals surface area contributed by atoms with Crippen LogP contribution in [0.4, 0.5) is 0 Å². The number of hydrogen-bond acceptors (Lipinski definition) is 6. The third-order valence-corrected chi connectivity index (χ3v) is 7.89. The first-order valence-corrected chi connectivity index (χ1v) is 16.0. The van der Waals surface area contributed by atoms with Gasteiger partial charge in [0.05, 0.1) is 24.2 Å². The molecule has 1 aromatic carbocycles. The van der Waals surface area contributed by atoms with Gasteiger partial charge in [0.2, 0.25) is 0 Å². The van der Waals surface area contributed by atoms with Gasteiger partial charge in [-0.25, -0.2) is 4.79 Å². The van der Waals surface area contributed by atoms with Gasteiger partial charge in [0.15, 0.2) is 0 Å². The second-order valence-electron chi connectivity index (χ2n) is 12.6. The molecular weight excluding hydrogens is 526 g/mol. The lowest BCUT2D eigenvalue weighted by atomic mass is 9.85. The Labute approximate surface area is 252 Å². The van der Waals surface area contributed by atoms with Crippen LogP contribution in [0, 0.1) is 11.3 Å². The van der Waals surface area contributed by atoms with Gasteiger partial charge in [-0.05, 0) is 75.3 Å². The van der Waals surface area contributed by atoms with E-state index < -0.39 is 0 Å². The number of esters is 1. The summed E-state index contributed by atoms with van der Waals surface area (Å²) in [5, 5.41) is 0.802. The molecule has 2 heterocycles. The maximum atomic E-state index is 12.4. The van der Waals surface area contributed by atoms with E-state index in [0.717, 1.165) is 48.8 Å². The summed E-state index contributed by atoms with van der Waals surface area (Å²) in [6.07, 6.45) is 18.5. The molecule has 0 atom stereocenters. The highest BCUT2D eigenvalue weighted by molar-refractivity contribution is 5.80. The molecule has 0 aliphatic heterocycles. The summed E-state index contributed by atoms with van der Waals surface area (Å²) in [7, 11) is 0. The van der Waals surface area contributed by atoms with Crippen molar-refractivity contribution in [2.75, 3.05) is 13.2 Å². The number of hydrogen-bond donors (Lipinski definition) is 0. The molecule has 0 amide bonds. The van der Waals surface area contributed by atoms with Crippen LogP contribution in [-0.4, -0.2) is 24.2 Å². The average molecular weight is 578 g/mol. The van der Waals surface area contributed by atoms with Crippen LogP contribution in [0.3, 0.4) is 0 Å². The summed E-state index contributed by atoms with van der Waals surface area (Å²) < 4.78 is 16.9. The first kappa shape index (κ1) is 33.4. The Morgan fingerprint density at radius 1 is 0.857 bits per heavy atom. The zero-order valence-electron chi connectivity index (χ0n) is 26.3. The standard InChI is InChI=1S/C36H51NO5/c1-28(2)20-22-36(3,4)35(39)41-25-15-13-11-9-7-5-6-8-10-12-14-24-40-31-18-16-29(17-19-31)32-26-30-27-37-23-21-33(30)42-34(32)38/h16-19,21,23,26-28H,5-15,20,22,24-25H2,1-4H3. The highest BCUT2D eigenvalue weighted by Gasteiger charge is 2.29. The van der Waals surface area contributed by atoms with E-state index in [2.05, 4.69) is 18.8 Å². The van der Waals surface area contributed by atoms with E-state index in [4.69, 9.17) is 13.9 Å². The Balaban J connectivity index is 1.15. The van der Waals surface area contributed by atoms with E-state index in [1.54, 1.807) is 18.5 Å². The molecule has 0 N–H and O–H groups in total. The Bertz CT molecular complexity index is 1260. The fraction of sp³-hybridized carbons (Fsp3) is 0.583. The molecule has 0 saturated carbocycles. The van der Waals surface area contributed by atoms with E-state index in [9.17, 15) is 9.59 Å². The first-order chi connectivity index (χ1) is 20.3. The highest BCUT2D eigenvalue weighted by Crippen LogP contribution is 2.27. The molecule has 0 spiro atoms. The maximum absolute atomic E-state index is 12.4. The van der Waals surface area contributed by atoms with Crippen LogP contribution >= 0.6 is 0 Å². The van der Waals surface area contributed by atoms with Crippen molar-refractivity contribution in [2.24, 2.45) is 11.3 Å². The third-order valence-electron chi connectivity index (χ3n) is 7.89. The molecule has 6 nitrogen and oxygen atoms in total. The van der Waals surface area contributed by atoms with Crippen LogP contribution < -0.4 is 10.4 Å². The van der Waals surface area contributed by atoms with E-state index in [1.165, 1.54) is 51.4 Å². The smallest absolute Gasteiger partial charge is 0.344 e. The van der Waals surface area contributed by atoms with Gasteiger partial charge in [-0.3, -0.25) is 9.78 Å². The number of ether oxygens (including phenoxy) is 2. The molecule has 2 aromatic heterocycles. The Morgan fingerprint density at radius 3 is 2.07 bits per heavy atom. The number of carbonyl (C=O) groups is 1. The largest absolute Gasteiger partial charge is 0.494 e. The summed E-state index contributed by atoms with van der Waals surface area (Å²) in [5.41, 5.74) is 1.15. The highest BCUT2D eigenvalue weighted by atomic mass is 16.5. The quantitative estimate of drug-likeness (QED) is 0.0983. The number of benzene rings is 1. The van der Waals surface area contributed by atoms with Crippen molar-refractivity contribution in [2.45, 2.75) is 111 Å². The van der Waals surface area contributed by atoms with E-state index >= 15 is 0 Å². The Hall–Kier alpha value is -3.15. The van der Waals surface area contributed by atoms with Crippen LogP contribution in [0.5, 0.6) is 5.75 Å². The fourth-order valence-electron chi connectivity index (χ4n) is 4.99. The van der Waals surface area contributed by atoms with E-state index in [0.29, 0.717) is 30.3 Å². The van der Waals surface area contributed by atoms with Gasteiger partial charge in [-0.15, -0.1) is 0 Å². The number of carbonyl (C=O) groups excluding carboxylic acids is 1. The van der Waals surface area contributed by atoms with Crippen LogP contribution in [0.1, 0.15) is 111 Å². The van der Waals surface area contributed by atoms with Crippen molar-refractivity contribution in [3.8, 4) is 16.9 Å². The van der Waals surface area contributed by atoms with Crippen molar-refractivity contribution in [1.82, 2.24) is 4.98 Å². The molecule has 42 heavy (non-hydrogen) atoms. The van der Waals surface area contributed by atoms with Gasteiger partial charge in [-0.2, -0.15) is 0 Å². The molecule has 0 saturated heterocycles. The zero-order valence-corrected chi connectivity index (χ0v) is 26.3. The van der Waals surface area contributed by atoms with Crippen molar-refractivity contribution in [3.05, 3.63) is 59.2 Å². The molecule has 0 bridgehead atoms. The molecule has 3 rings (SSSR count). The number of fused-ring (bicyclic) bond motifs is 1. The minimum absolute atomic E-state index is 0.0451. The van der Waals surface area contributed by atoms with Crippen molar-refractivity contribution in [3.63, 3.8) is 0 Å². The Morgan fingerprint density at radius 2 is 1.45 bits per heavy atom. The zero-order chi connectivity index (χ0) is 30.2. The normalized spacial score (nSPS) is 11.7. The third kappa shape index (κ3) is 11.6. The molecule has 0 radical (unpaired) electrons. The molecule has 230 valence electrons. The maximum Gasteiger partial charge on any atom is 0.344 e. The lowest BCUT2D eigenvalue weighted by Crippen LogP contribution is -2.27. The SMILES string of the molecule is CC(C)CCC(C)(C)C(=O)OCCCCCCCCCCCCCOc1ccc(-c2cc3cnccc3oc2=O)cc1. The summed E-state index contributed by atoms with van der Waals surface area (Å²) >= 11 is 0. The number of nitrogens with zero attached hydrogens (tertiary/aromatic N) is 1. The molecule has 0 fully saturated rings. The van der Waals surface area contributed by atoms with Crippen molar-refractivity contribution < 1.29 is 18.7 Å². The number of unbranched alkanes of at least 4 members (excludes halogenated alkanes) is 10. The molecule has 0 aliphatic rings. The van der Waals surface area contributed by atoms with Crippen LogP contribution in [0.2, 0.25) is 0 Å². The second-order valence-corrected chi connectivity index (χ2v) is 12.6. The van der Waals surface area contributed by atoms with Gasteiger partial charge in [-0.1, -0.05) is 83.8 Å². The summed E-state index contributed by atoms with van der Waals surface area (Å²) in [4.78, 5) is 28.8. The predicted octanol–water partition coefficient (Wildman–Crippen LogP) is 9.53. The Kier molecular flexibility index (Phi) is 14.1. The van der Waals surface area contributed by atoms with Gasteiger partial charge in [0.1, 0.15) is 11.3 Å². The number of pyridine rings is 1. The number of rotatable bonds is 20. The van der Waals surface area contributed by atoms with Gasteiger partial charge >= 0.3 is 11.6 Å². The molecule has 6 heteroatoms. The molecular formula is C36H51NO5. The molecule has 0 aliphatic carbocycles. The average Bonchev–Trinajstić information content (AvgIpc) is 2.98. The minimum Gasteiger partial charge on any atom is -0.494 e. The summed E-state index contributed by atoms with van der Waals surface area (Å²) in [6.45, 7) is 9.65. The van der Waals surface area contributed by atoms with Crippen LogP contribution in [0.25, 0.3) is 22.1 Å². The van der Waals surface area contributed by atoms with Crippen LogP contribution in [-0.2, 0) is 9.53 Å². The fourth-order valence-corrected chi connectivity index (χ4v) is 4.99. The molecule has 3 aromatic rings. The predicted molar refractivity (Wildman–Crippen MR) is 171 cm³/mol. The monoisotopic (exact) mass is 577 g/mol. The van der Waals surface area contributed by atoms with Gasteiger partial charge < -0.3 is 13.9 Å². The molecule has 0 unspecified atom stereocenters. The van der Waals surface area contributed by atoms with Crippen molar-refractivity contribution in [1.29, 1.82) is 0 Å². The first-order valence-electron chi connectivity index (χ1n) is 16.0. The lowest BCUT2D eigenvalue weighted by molar-refractivity contribution is -0.154. The topological polar surface area (TPSA) is 78.6 Å². The van der Waals surface area contributed by atoms with Crippen LogP contribution in [0.15, 0.2) is 58.0 Å². The van der Waals surface area contributed by atoms with Gasteiger partial charge in [0.25, 0.3) is 0 Å². The van der Waals surface area contributed by atoms with E-state index in [1.807, 2.05) is 44.2 Å². The number of aromatic nitrogens is 1. The van der Waals surface area contributed by atoms with Gasteiger partial charge in [0, 0.05) is 17.8 Å². The summed E-state index contributed by atoms with van der Waals surface area (Å²) in [5.74, 6) is 1.38.